The standard InChI is InChI=1S/C19H26FNO3/c20-16-10-8-15(9-11-16)19(12-4-1-5-13-19)14-21-17(22)6-2-3-7-18(23)24/h8-11H,1-7,12-14H2,(H,21,22)(H,23,24). The number of halogens is 1. The molecule has 0 radical (unpaired) electrons. The lowest BCUT2D eigenvalue weighted by atomic mass is 9.69. The smallest absolute Gasteiger partial charge is 0.303 e. The Kier molecular flexibility index (Phi) is 6.76. The van der Waals surface area contributed by atoms with Crippen LogP contribution in [0.4, 0.5) is 4.39 Å². The van der Waals surface area contributed by atoms with E-state index in [0.29, 0.717) is 25.8 Å². The second kappa shape index (κ2) is 8.81. The molecule has 0 heterocycles. The summed E-state index contributed by atoms with van der Waals surface area (Å²) in [5.74, 6) is -1.10. The predicted octanol–water partition coefficient (Wildman–Crippen LogP) is 3.79. The fraction of sp³-hybridized carbons (Fsp3) is 0.579. The van der Waals surface area contributed by atoms with Crippen molar-refractivity contribution in [3.63, 3.8) is 0 Å². The Bertz CT molecular complexity index is 550. The number of amides is 1. The van der Waals surface area contributed by atoms with Crippen LogP contribution < -0.4 is 5.32 Å². The number of aliphatic carboxylic acids is 1. The maximum atomic E-state index is 13.2. The molecule has 1 aromatic rings. The van der Waals surface area contributed by atoms with Crippen molar-refractivity contribution in [1.82, 2.24) is 5.32 Å². The number of carboxylic acids is 1. The van der Waals surface area contributed by atoms with Gasteiger partial charge in [-0.25, -0.2) is 4.39 Å². The SMILES string of the molecule is O=C(O)CCCCC(=O)NCC1(c2ccc(F)cc2)CCCCC1. The number of hydrogen-bond acceptors (Lipinski definition) is 2. The minimum absolute atomic E-state index is 0.0348. The summed E-state index contributed by atoms with van der Waals surface area (Å²) in [7, 11) is 0. The Morgan fingerprint density at radius 1 is 1.04 bits per heavy atom. The number of rotatable bonds is 8. The normalized spacial score (nSPS) is 16.5. The number of benzene rings is 1. The van der Waals surface area contributed by atoms with E-state index in [1.54, 1.807) is 0 Å². The molecule has 1 fully saturated rings. The van der Waals surface area contributed by atoms with E-state index in [0.717, 1.165) is 31.2 Å². The molecule has 0 saturated heterocycles. The lowest BCUT2D eigenvalue weighted by molar-refractivity contribution is -0.137. The van der Waals surface area contributed by atoms with Gasteiger partial charge in [0.25, 0.3) is 0 Å². The molecule has 2 N–H and O–H groups in total. The van der Waals surface area contributed by atoms with Gasteiger partial charge in [0.05, 0.1) is 0 Å². The lowest BCUT2D eigenvalue weighted by Gasteiger charge is -2.38. The van der Waals surface area contributed by atoms with Crippen LogP contribution in [0.5, 0.6) is 0 Å². The quantitative estimate of drug-likeness (QED) is 0.710. The Morgan fingerprint density at radius 3 is 2.29 bits per heavy atom. The van der Waals surface area contributed by atoms with Crippen LogP contribution in [-0.2, 0) is 15.0 Å². The molecule has 1 saturated carbocycles. The highest BCUT2D eigenvalue weighted by molar-refractivity contribution is 5.76. The first kappa shape index (κ1) is 18.4. The van der Waals surface area contributed by atoms with Gasteiger partial charge in [-0.15, -0.1) is 0 Å². The summed E-state index contributed by atoms with van der Waals surface area (Å²) in [5, 5.41) is 11.6. The summed E-state index contributed by atoms with van der Waals surface area (Å²) in [6.45, 7) is 0.566. The van der Waals surface area contributed by atoms with E-state index < -0.39 is 5.97 Å². The number of carbonyl (C=O) groups is 2. The van der Waals surface area contributed by atoms with E-state index in [1.165, 1.54) is 18.6 Å². The largest absolute Gasteiger partial charge is 0.481 e. The topological polar surface area (TPSA) is 66.4 Å². The molecule has 0 aliphatic heterocycles. The molecule has 2 rings (SSSR count). The molecule has 132 valence electrons. The first-order valence-corrected chi connectivity index (χ1v) is 8.76. The molecule has 5 heteroatoms. The second-order valence-electron chi connectivity index (χ2n) is 6.73. The van der Waals surface area contributed by atoms with Crippen LogP contribution in [0.15, 0.2) is 24.3 Å². The van der Waals surface area contributed by atoms with E-state index >= 15 is 0 Å². The minimum Gasteiger partial charge on any atom is -0.481 e. The highest BCUT2D eigenvalue weighted by Gasteiger charge is 2.34. The molecule has 0 bridgehead atoms. The molecule has 1 aliphatic rings. The van der Waals surface area contributed by atoms with Gasteiger partial charge in [-0.3, -0.25) is 9.59 Å². The van der Waals surface area contributed by atoms with E-state index in [2.05, 4.69) is 5.32 Å². The van der Waals surface area contributed by atoms with E-state index in [4.69, 9.17) is 5.11 Å². The molecule has 1 aliphatic carbocycles. The molecule has 24 heavy (non-hydrogen) atoms. The second-order valence-corrected chi connectivity index (χ2v) is 6.73. The fourth-order valence-corrected chi connectivity index (χ4v) is 3.52. The molecular formula is C19H26FNO3. The van der Waals surface area contributed by atoms with Gasteiger partial charge in [0, 0.05) is 24.8 Å². The van der Waals surface area contributed by atoms with Gasteiger partial charge in [0.15, 0.2) is 0 Å². The maximum absolute atomic E-state index is 13.2. The van der Waals surface area contributed by atoms with Crippen LogP contribution >= 0.6 is 0 Å². The Hall–Kier alpha value is -1.91. The summed E-state index contributed by atoms with van der Waals surface area (Å²) in [5.41, 5.74) is 0.984. The van der Waals surface area contributed by atoms with Gasteiger partial charge in [-0.2, -0.15) is 0 Å². The van der Waals surface area contributed by atoms with Crippen LogP contribution in [0.1, 0.15) is 63.4 Å². The highest BCUT2D eigenvalue weighted by atomic mass is 19.1. The zero-order chi connectivity index (χ0) is 17.4. The van der Waals surface area contributed by atoms with Crippen molar-refractivity contribution in [2.24, 2.45) is 0 Å². The Labute approximate surface area is 142 Å². The molecule has 4 nitrogen and oxygen atoms in total. The van der Waals surface area contributed by atoms with Crippen LogP contribution in [0.25, 0.3) is 0 Å². The average Bonchev–Trinajstić information content (AvgIpc) is 2.58. The highest BCUT2D eigenvalue weighted by Crippen LogP contribution is 2.39. The molecule has 0 spiro atoms. The van der Waals surface area contributed by atoms with Crippen molar-refractivity contribution in [2.45, 2.75) is 63.2 Å². The van der Waals surface area contributed by atoms with Crippen LogP contribution in [0.3, 0.4) is 0 Å². The van der Waals surface area contributed by atoms with Crippen LogP contribution in [0.2, 0.25) is 0 Å². The Morgan fingerprint density at radius 2 is 1.67 bits per heavy atom. The molecule has 0 aromatic heterocycles. The summed E-state index contributed by atoms with van der Waals surface area (Å²) >= 11 is 0. The van der Waals surface area contributed by atoms with Gasteiger partial charge < -0.3 is 10.4 Å². The Balaban J connectivity index is 1.91. The molecular weight excluding hydrogens is 309 g/mol. The van der Waals surface area contributed by atoms with Crippen LogP contribution in [0, 0.1) is 5.82 Å². The number of carbonyl (C=O) groups excluding carboxylic acids is 1. The van der Waals surface area contributed by atoms with Crippen molar-refractivity contribution in [3.05, 3.63) is 35.6 Å². The first-order valence-electron chi connectivity index (χ1n) is 8.76. The van der Waals surface area contributed by atoms with E-state index in [-0.39, 0.29) is 23.6 Å². The molecule has 1 aromatic carbocycles. The van der Waals surface area contributed by atoms with Crippen molar-refractivity contribution < 1.29 is 19.1 Å². The summed E-state index contributed by atoms with van der Waals surface area (Å²) < 4.78 is 13.2. The third-order valence-corrected chi connectivity index (χ3v) is 4.94. The van der Waals surface area contributed by atoms with Crippen molar-refractivity contribution in [2.75, 3.05) is 6.54 Å². The molecule has 0 atom stereocenters. The van der Waals surface area contributed by atoms with Gasteiger partial charge in [0.2, 0.25) is 5.91 Å². The van der Waals surface area contributed by atoms with Gasteiger partial charge in [-0.1, -0.05) is 31.4 Å². The third-order valence-electron chi connectivity index (χ3n) is 4.94. The zero-order valence-corrected chi connectivity index (χ0v) is 14.0. The zero-order valence-electron chi connectivity index (χ0n) is 14.0. The van der Waals surface area contributed by atoms with Gasteiger partial charge in [0.1, 0.15) is 5.82 Å². The van der Waals surface area contributed by atoms with E-state index in [9.17, 15) is 14.0 Å². The molecule has 1 amide bonds. The predicted molar refractivity (Wildman–Crippen MR) is 90.3 cm³/mol. The van der Waals surface area contributed by atoms with Crippen molar-refractivity contribution in [1.29, 1.82) is 0 Å². The maximum Gasteiger partial charge on any atom is 0.303 e. The van der Waals surface area contributed by atoms with E-state index in [1.807, 2.05) is 12.1 Å². The number of carboxylic acid groups (broad SMARTS) is 1. The summed E-state index contributed by atoms with van der Waals surface area (Å²) in [4.78, 5) is 22.5. The van der Waals surface area contributed by atoms with Crippen molar-refractivity contribution in [3.8, 4) is 0 Å². The fourth-order valence-electron chi connectivity index (χ4n) is 3.52. The molecule has 0 unspecified atom stereocenters. The number of unbranched alkanes of at least 4 members (excludes halogenated alkanes) is 1. The minimum atomic E-state index is -0.826. The third kappa shape index (κ3) is 5.32. The van der Waals surface area contributed by atoms with Crippen LogP contribution in [-0.4, -0.2) is 23.5 Å². The first-order chi connectivity index (χ1) is 11.5. The van der Waals surface area contributed by atoms with Gasteiger partial charge in [-0.05, 0) is 43.4 Å². The monoisotopic (exact) mass is 335 g/mol. The lowest BCUT2D eigenvalue weighted by Crippen LogP contribution is -2.42. The van der Waals surface area contributed by atoms with Crippen molar-refractivity contribution >= 4 is 11.9 Å². The van der Waals surface area contributed by atoms with Gasteiger partial charge >= 0.3 is 5.97 Å². The number of nitrogens with one attached hydrogen (secondary N) is 1. The number of hydrogen-bond donors (Lipinski definition) is 2. The average molecular weight is 335 g/mol. The summed E-state index contributed by atoms with van der Waals surface area (Å²) in [6.07, 6.45) is 6.99. The summed E-state index contributed by atoms with van der Waals surface area (Å²) in [6, 6.07) is 6.64.